The monoisotopic (exact) mass is 317 g/mol. The molecule has 0 saturated heterocycles. The van der Waals surface area contributed by atoms with Gasteiger partial charge in [0.2, 0.25) is 0 Å². The first-order chi connectivity index (χ1) is 8.40. The molecule has 2 N–H and O–H groups in total. The number of nitrogens with one attached hydrogen (secondary N) is 1. The van der Waals surface area contributed by atoms with Crippen molar-refractivity contribution in [1.82, 2.24) is 5.32 Å². The van der Waals surface area contributed by atoms with Crippen molar-refractivity contribution in [3.8, 4) is 0 Å². The van der Waals surface area contributed by atoms with Gasteiger partial charge in [0, 0.05) is 16.6 Å². The van der Waals surface area contributed by atoms with E-state index < -0.39 is 12.0 Å². The van der Waals surface area contributed by atoms with Crippen LogP contribution in [0.15, 0.2) is 22.7 Å². The number of rotatable bonds is 6. The summed E-state index contributed by atoms with van der Waals surface area (Å²) in [5, 5.41) is 11.9. The number of carboxylic acids is 1. The van der Waals surface area contributed by atoms with Gasteiger partial charge in [0.25, 0.3) is 0 Å². The van der Waals surface area contributed by atoms with Crippen molar-refractivity contribution < 1.29 is 14.3 Å². The minimum atomic E-state index is -0.904. The van der Waals surface area contributed by atoms with E-state index in [9.17, 15) is 9.18 Å². The maximum Gasteiger partial charge on any atom is 0.320 e. The molecule has 0 heterocycles. The Morgan fingerprint density at radius 1 is 1.50 bits per heavy atom. The maximum absolute atomic E-state index is 13.5. The first-order valence-electron chi connectivity index (χ1n) is 5.80. The van der Waals surface area contributed by atoms with Crippen LogP contribution in [0.25, 0.3) is 0 Å². The van der Waals surface area contributed by atoms with E-state index in [4.69, 9.17) is 5.11 Å². The minimum absolute atomic E-state index is 0.203. The van der Waals surface area contributed by atoms with Crippen molar-refractivity contribution in [3.63, 3.8) is 0 Å². The van der Waals surface area contributed by atoms with Crippen molar-refractivity contribution >= 4 is 21.9 Å². The average molecular weight is 318 g/mol. The van der Waals surface area contributed by atoms with Gasteiger partial charge in [-0.1, -0.05) is 29.8 Å². The summed E-state index contributed by atoms with van der Waals surface area (Å²) in [5.41, 5.74) is 0.458. The van der Waals surface area contributed by atoms with Gasteiger partial charge in [-0.05, 0) is 30.5 Å². The summed E-state index contributed by atoms with van der Waals surface area (Å²) < 4.78 is 14.2. The fourth-order valence-electron chi connectivity index (χ4n) is 1.65. The molecule has 0 radical (unpaired) electrons. The van der Waals surface area contributed by atoms with E-state index in [0.717, 1.165) is 4.47 Å². The SMILES string of the molecule is CC(C)C[C@@H](NCc1cc(Br)ccc1F)C(=O)O. The third-order valence-electron chi connectivity index (χ3n) is 2.55. The van der Waals surface area contributed by atoms with E-state index >= 15 is 0 Å². The number of halogens is 2. The number of benzene rings is 1. The molecule has 100 valence electrons. The zero-order valence-electron chi connectivity index (χ0n) is 10.4. The Morgan fingerprint density at radius 3 is 2.72 bits per heavy atom. The average Bonchev–Trinajstić information content (AvgIpc) is 2.27. The molecule has 5 heteroatoms. The van der Waals surface area contributed by atoms with Crippen LogP contribution in [0.4, 0.5) is 4.39 Å². The zero-order valence-corrected chi connectivity index (χ0v) is 12.0. The van der Waals surface area contributed by atoms with Gasteiger partial charge in [-0.25, -0.2) is 4.39 Å². The Morgan fingerprint density at radius 2 is 2.17 bits per heavy atom. The Bertz CT molecular complexity index is 423. The van der Waals surface area contributed by atoms with Gasteiger partial charge in [-0.2, -0.15) is 0 Å². The molecule has 0 unspecified atom stereocenters. The Labute approximate surface area is 115 Å². The van der Waals surface area contributed by atoms with Gasteiger partial charge in [-0.15, -0.1) is 0 Å². The molecule has 1 atom stereocenters. The number of carbonyl (C=O) groups is 1. The lowest BCUT2D eigenvalue weighted by Gasteiger charge is -2.16. The first-order valence-corrected chi connectivity index (χ1v) is 6.59. The van der Waals surface area contributed by atoms with E-state index in [1.54, 1.807) is 12.1 Å². The van der Waals surface area contributed by atoms with Gasteiger partial charge in [0.15, 0.2) is 0 Å². The van der Waals surface area contributed by atoms with Gasteiger partial charge in [0.1, 0.15) is 11.9 Å². The van der Waals surface area contributed by atoms with E-state index in [1.165, 1.54) is 6.07 Å². The molecule has 0 aliphatic carbocycles. The Kier molecular flexibility index (Phi) is 5.75. The predicted molar refractivity (Wildman–Crippen MR) is 71.8 cm³/mol. The second kappa shape index (κ2) is 6.85. The van der Waals surface area contributed by atoms with E-state index in [1.807, 2.05) is 13.8 Å². The highest BCUT2D eigenvalue weighted by Gasteiger charge is 2.18. The fraction of sp³-hybridized carbons (Fsp3) is 0.462. The van der Waals surface area contributed by atoms with E-state index in [2.05, 4.69) is 21.2 Å². The van der Waals surface area contributed by atoms with Crippen LogP contribution < -0.4 is 5.32 Å². The number of hydrogen-bond acceptors (Lipinski definition) is 2. The summed E-state index contributed by atoms with van der Waals surface area (Å²) in [6.45, 7) is 4.11. The summed E-state index contributed by atoms with van der Waals surface area (Å²) in [4.78, 5) is 11.0. The predicted octanol–water partition coefficient (Wildman–Crippen LogP) is 3.18. The molecule has 0 fully saturated rings. The Hall–Kier alpha value is -0.940. The van der Waals surface area contributed by atoms with E-state index in [0.29, 0.717) is 12.0 Å². The lowest BCUT2D eigenvalue weighted by molar-refractivity contribution is -0.140. The van der Waals surface area contributed by atoms with Crippen LogP contribution >= 0.6 is 15.9 Å². The molecular weight excluding hydrogens is 301 g/mol. The number of hydrogen-bond donors (Lipinski definition) is 2. The largest absolute Gasteiger partial charge is 0.480 e. The van der Waals surface area contributed by atoms with Gasteiger partial charge < -0.3 is 10.4 Å². The van der Waals surface area contributed by atoms with Crippen LogP contribution in [-0.2, 0) is 11.3 Å². The smallest absolute Gasteiger partial charge is 0.320 e. The van der Waals surface area contributed by atoms with Crippen LogP contribution in [0.3, 0.4) is 0 Å². The van der Waals surface area contributed by atoms with Crippen LogP contribution in [0.1, 0.15) is 25.8 Å². The molecule has 0 aliphatic heterocycles. The van der Waals surface area contributed by atoms with Crippen molar-refractivity contribution in [3.05, 3.63) is 34.1 Å². The fourth-order valence-corrected chi connectivity index (χ4v) is 2.06. The summed E-state index contributed by atoms with van der Waals surface area (Å²) in [5.74, 6) is -0.968. The molecule has 1 aromatic rings. The maximum atomic E-state index is 13.5. The molecule has 18 heavy (non-hydrogen) atoms. The summed E-state index contributed by atoms with van der Waals surface area (Å²) in [6, 6.07) is 3.97. The van der Waals surface area contributed by atoms with Crippen LogP contribution in [0, 0.1) is 11.7 Å². The van der Waals surface area contributed by atoms with Gasteiger partial charge in [0.05, 0.1) is 0 Å². The highest BCUT2D eigenvalue weighted by atomic mass is 79.9. The van der Waals surface area contributed by atoms with Crippen LogP contribution in [0.2, 0.25) is 0 Å². The normalized spacial score (nSPS) is 12.7. The van der Waals surface area contributed by atoms with Gasteiger partial charge >= 0.3 is 5.97 Å². The topological polar surface area (TPSA) is 49.3 Å². The molecule has 1 aromatic carbocycles. The third kappa shape index (κ3) is 4.74. The molecule has 0 aliphatic rings. The number of aliphatic carboxylic acids is 1. The second-order valence-electron chi connectivity index (χ2n) is 4.64. The van der Waals surface area contributed by atoms with Gasteiger partial charge in [-0.3, -0.25) is 4.79 Å². The lowest BCUT2D eigenvalue weighted by atomic mass is 10.0. The number of carboxylic acid groups (broad SMARTS) is 1. The zero-order chi connectivity index (χ0) is 13.7. The molecule has 0 bridgehead atoms. The van der Waals surface area contributed by atoms with Crippen LogP contribution in [0.5, 0.6) is 0 Å². The summed E-state index contributed by atoms with van der Waals surface area (Å²) in [7, 11) is 0. The second-order valence-corrected chi connectivity index (χ2v) is 5.55. The molecular formula is C13H17BrFNO2. The minimum Gasteiger partial charge on any atom is -0.480 e. The summed E-state index contributed by atoms with van der Waals surface area (Å²) in [6.07, 6.45) is 0.519. The Balaban J connectivity index is 2.66. The quantitative estimate of drug-likeness (QED) is 0.847. The molecule has 0 aromatic heterocycles. The van der Waals surface area contributed by atoms with Crippen molar-refractivity contribution in [2.24, 2.45) is 5.92 Å². The lowest BCUT2D eigenvalue weighted by Crippen LogP contribution is -2.37. The highest BCUT2D eigenvalue weighted by Crippen LogP contribution is 2.16. The standard InChI is InChI=1S/C13H17BrFNO2/c1-8(2)5-12(13(17)18)16-7-9-6-10(14)3-4-11(9)15/h3-4,6,8,12,16H,5,7H2,1-2H3,(H,17,18)/t12-/m1/s1. The first kappa shape index (κ1) is 15.1. The molecule has 0 amide bonds. The third-order valence-corrected chi connectivity index (χ3v) is 3.05. The molecule has 1 rings (SSSR count). The van der Waals surface area contributed by atoms with Crippen molar-refractivity contribution in [2.75, 3.05) is 0 Å². The van der Waals surface area contributed by atoms with Crippen molar-refractivity contribution in [2.45, 2.75) is 32.9 Å². The van der Waals surface area contributed by atoms with Crippen molar-refractivity contribution in [1.29, 1.82) is 0 Å². The molecule has 3 nitrogen and oxygen atoms in total. The van der Waals surface area contributed by atoms with E-state index in [-0.39, 0.29) is 18.3 Å². The summed E-state index contributed by atoms with van der Waals surface area (Å²) >= 11 is 3.26. The molecule has 0 saturated carbocycles. The highest BCUT2D eigenvalue weighted by molar-refractivity contribution is 9.10. The molecule has 0 spiro atoms. The van der Waals surface area contributed by atoms with Crippen LogP contribution in [-0.4, -0.2) is 17.1 Å².